The molecule has 1 heterocycles. The van der Waals surface area contributed by atoms with Crippen molar-refractivity contribution in [3.8, 4) is 0 Å². The van der Waals surface area contributed by atoms with Crippen LogP contribution in [0.1, 0.15) is 54.1 Å². The van der Waals surface area contributed by atoms with Crippen molar-refractivity contribution in [2.75, 3.05) is 5.32 Å². The van der Waals surface area contributed by atoms with E-state index < -0.39 is 0 Å². The monoisotopic (exact) mass is 406 g/mol. The standard InChI is InChI=1S/C24H26N2O2S/c1-15-3-7-17(8-4-15)13-22-24(28)26-20-14-18(9-12-21(20)29-22)23(27)25-19-10-5-16(2)6-11-19/h3-4,7-9,12-14,16,19H,5-6,10-11H2,1-2H3,(H,25,27)(H,26,28)/b22-13+. The molecule has 2 N–H and O–H groups in total. The summed E-state index contributed by atoms with van der Waals surface area (Å²) in [5.74, 6) is 0.552. The summed E-state index contributed by atoms with van der Waals surface area (Å²) in [5, 5.41) is 6.09. The molecule has 0 unspecified atom stereocenters. The summed E-state index contributed by atoms with van der Waals surface area (Å²) in [4.78, 5) is 26.8. The maximum Gasteiger partial charge on any atom is 0.262 e. The van der Waals surface area contributed by atoms with Crippen molar-refractivity contribution >= 4 is 35.3 Å². The smallest absolute Gasteiger partial charge is 0.262 e. The van der Waals surface area contributed by atoms with E-state index in [1.54, 1.807) is 6.07 Å². The Hall–Kier alpha value is -2.53. The lowest BCUT2D eigenvalue weighted by molar-refractivity contribution is -0.112. The van der Waals surface area contributed by atoms with Crippen molar-refractivity contribution in [2.24, 2.45) is 5.92 Å². The molecule has 2 amide bonds. The highest BCUT2D eigenvalue weighted by Crippen LogP contribution is 2.39. The van der Waals surface area contributed by atoms with E-state index in [1.807, 2.05) is 49.4 Å². The van der Waals surface area contributed by atoms with Gasteiger partial charge in [0, 0.05) is 16.5 Å². The number of rotatable bonds is 3. The fourth-order valence-electron chi connectivity index (χ4n) is 3.79. The van der Waals surface area contributed by atoms with Gasteiger partial charge in [-0.1, -0.05) is 48.5 Å². The molecule has 0 saturated heterocycles. The Kier molecular flexibility index (Phi) is 5.76. The van der Waals surface area contributed by atoms with E-state index in [1.165, 1.54) is 17.3 Å². The van der Waals surface area contributed by atoms with Gasteiger partial charge in [0.05, 0.1) is 10.6 Å². The average Bonchev–Trinajstić information content (AvgIpc) is 2.71. The number of nitrogens with one attached hydrogen (secondary N) is 2. The predicted octanol–water partition coefficient (Wildman–Crippen LogP) is 5.39. The van der Waals surface area contributed by atoms with E-state index in [4.69, 9.17) is 0 Å². The SMILES string of the molecule is Cc1ccc(/C=C2/Sc3ccc(C(=O)NC4CCC(C)CC4)cc3NC2=O)cc1. The first-order chi connectivity index (χ1) is 14.0. The summed E-state index contributed by atoms with van der Waals surface area (Å²) in [5.41, 5.74) is 3.47. The van der Waals surface area contributed by atoms with Gasteiger partial charge in [-0.25, -0.2) is 0 Å². The number of hydrogen-bond acceptors (Lipinski definition) is 3. The molecule has 1 aliphatic carbocycles. The Morgan fingerprint density at radius 1 is 1.10 bits per heavy atom. The van der Waals surface area contributed by atoms with Crippen LogP contribution in [0.4, 0.5) is 5.69 Å². The number of hydrogen-bond donors (Lipinski definition) is 2. The van der Waals surface area contributed by atoms with Crippen molar-refractivity contribution < 1.29 is 9.59 Å². The number of thioether (sulfide) groups is 1. The lowest BCUT2D eigenvalue weighted by Crippen LogP contribution is -2.37. The molecule has 29 heavy (non-hydrogen) atoms. The van der Waals surface area contributed by atoms with Crippen LogP contribution in [-0.2, 0) is 4.79 Å². The zero-order chi connectivity index (χ0) is 20.4. The van der Waals surface area contributed by atoms with Crippen molar-refractivity contribution in [1.29, 1.82) is 0 Å². The van der Waals surface area contributed by atoms with Gasteiger partial charge in [-0.05, 0) is 68.4 Å². The molecule has 0 bridgehead atoms. The predicted molar refractivity (Wildman–Crippen MR) is 119 cm³/mol. The molecule has 0 atom stereocenters. The molecule has 2 aromatic rings. The van der Waals surface area contributed by atoms with Crippen LogP contribution in [0.2, 0.25) is 0 Å². The number of fused-ring (bicyclic) bond motifs is 1. The molecule has 4 rings (SSSR count). The third kappa shape index (κ3) is 4.73. The van der Waals surface area contributed by atoms with Gasteiger partial charge in [0.15, 0.2) is 0 Å². The molecule has 4 nitrogen and oxygen atoms in total. The lowest BCUT2D eigenvalue weighted by atomic mass is 9.87. The summed E-state index contributed by atoms with van der Waals surface area (Å²) in [6.45, 7) is 4.31. The fourth-order valence-corrected chi connectivity index (χ4v) is 4.72. The zero-order valence-corrected chi connectivity index (χ0v) is 17.6. The minimum atomic E-state index is -0.137. The summed E-state index contributed by atoms with van der Waals surface area (Å²) >= 11 is 1.44. The molecule has 150 valence electrons. The maximum atomic E-state index is 12.7. The van der Waals surface area contributed by atoms with Gasteiger partial charge >= 0.3 is 0 Å². The number of benzene rings is 2. The van der Waals surface area contributed by atoms with Crippen LogP contribution >= 0.6 is 11.8 Å². The highest BCUT2D eigenvalue weighted by molar-refractivity contribution is 8.04. The van der Waals surface area contributed by atoms with Crippen molar-refractivity contribution in [1.82, 2.24) is 5.32 Å². The van der Waals surface area contributed by atoms with E-state index in [0.717, 1.165) is 42.1 Å². The molecule has 0 aromatic heterocycles. The van der Waals surface area contributed by atoms with E-state index in [9.17, 15) is 9.59 Å². The number of carbonyl (C=O) groups is 2. The minimum absolute atomic E-state index is 0.0624. The number of aryl methyl sites for hydroxylation is 1. The summed E-state index contributed by atoms with van der Waals surface area (Å²) < 4.78 is 0. The van der Waals surface area contributed by atoms with Crippen molar-refractivity contribution in [3.05, 3.63) is 64.1 Å². The van der Waals surface area contributed by atoms with Crippen LogP contribution in [0.3, 0.4) is 0 Å². The first-order valence-electron chi connectivity index (χ1n) is 10.2. The molecule has 0 spiro atoms. The molecular weight excluding hydrogens is 380 g/mol. The highest BCUT2D eigenvalue weighted by atomic mass is 32.2. The van der Waals surface area contributed by atoms with Crippen LogP contribution in [0.5, 0.6) is 0 Å². The second-order valence-corrected chi connectivity index (χ2v) is 9.20. The first kappa shape index (κ1) is 19.8. The van der Waals surface area contributed by atoms with Gasteiger partial charge in [0.25, 0.3) is 11.8 Å². The van der Waals surface area contributed by atoms with Crippen molar-refractivity contribution in [3.63, 3.8) is 0 Å². The summed E-state index contributed by atoms with van der Waals surface area (Å²) in [7, 11) is 0. The van der Waals surface area contributed by atoms with E-state index in [-0.39, 0.29) is 17.9 Å². The normalized spacial score (nSPS) is 22.7. The minimum Gasteiger partial charge on any atom is -0.349 e. The van der Waals surface area contributed by atoms with Crippen LogP contribution in [0.25, 0.3) is 6.08 Å². The molecule has 1 fully saturated rings. The Bertz CT molecular complexity index is 957. The Morgan fingerprint density at radius 2 is 1.83 bits per heavy atom. The molecule has 1 saturated carbocycles. The molecule has 1 aliphatic heterocycles. The second-order valence-electron chi connectivity index (χ2n) is 8.12. The Labute approximate surface area is 176 Å². The lowest BCUT2D eigenvalue weighted by Gasteiger charge is -2.27. The summed E-state index contributed by atoms with van der Waals surface area (Å²) in [6, 6.07) is 13.9. The van der Waals surface area contributed by atoms with Crippen LogP contribution in [-0.4, -0.2) is 17.9 Å². The number of anilines is 1. The largest absolute Gasteiger partial charge is 0.349 e. The quantitative estimate of drug-likeness (QED) is 0.672. The van der Waals surface area contributed by atoms with Gasteiger partial charge in [0.1, 0.15) is 0 Å². The second kappa shape index (κ2) is 8.46. The van der Waals surface area contributed by atoms with E-state index in [2.05, 4.69) is 17.6 Å². The highest BCUT2D eigenvalue weighted by Gasteiger charge is 2.24. The topological polar surface area (TPSA) is 58.2 Å². The molecule has 5 heteroatoms. The van der Waals surface area contributed by atoms with Gasteiger partial charge in [-0.3, -0.25) is 9.59 Å². The van der Waals surface area contributed by atoms with E-state index in [0.29, 0.717) is 16.2 Å². The average molecular weight is 407 g/mol. The first-order valence-corrected chi connectivity index (χ1v) is 11.0. The van der Waals surface area contributed by atoms with Crippen molar-refractivity contribution in [2.45, 2.75) is 50.5 Å². The number of amides is 2. The van der Waals surface area contributed by atoms with Gasteiger partial charge < -0.3 is 10.6 Å². The summed E-state index contributed by atoms with van der Waals surface area (Å²) in [6.07, 6.45) is 6.30. The van der Waals surface area contributed by atoms with Gasteiger partial charge in [0.2, 0.25) is 0 Å². The maximum absolute atomic E-state index is 12.7. The van der Waals surface area contributed by atoms with Crippen LogP contribution in [0.15, 0.2) is 52.3 Å². The van der Waals surface area contributed by atoms with Crippen LogP contribution in [0, 0.1) is 12.8 Å². The molecule has 2 aromatic carbocycles. The molecular formula is C24H26N2O2S. The van der Waals surface area contributed by atoms with E-state index >= 15 is 0 Å². The number of carbonyl (C=O) groups excluding carboxylic acids is 2. The third-order valence-electron chi connectivity index (χ3n) is 5.66. The van der Waals surface area contributed by atoms with Crippen LogP contribution < -0.4 is 10.6 Å². The zero-order valence-electron chi connectivity index (χ0n) is 16.8. The van der Waals surface area contributed by atoms with Gasteiger partial charge in [-0.2, -0.15) is 0 Å². The fraction of sp³-hybridized carbons (Fsp3) is 0.333. The third-order valence-corrected chi connectivity index (χ3v) is 6.76. The Morgan fingerprint density at radius 3 is 2.55 bits per heavy atom. The Balaban J connectivity index is 1.47. The van der Waals surface area contributed by atoms with Gasteiger partial charge in [-0.15, -0.1) is 0 Å². The molecule has 0 radical (unpaired) electrons. The molecule has 2 aliphatic rings.